The molecule has 4 rings (SSSR count). The maximum atomic E-state index is 10.6. The van der Waals surface area contributed by atoms with Crippen LogP contribution in [0.1, 0.15) is 6.92 Å². The van der Waals surface area contributed by atoms with Crippen LogP contribution in [0.25, 0.3) is 0 Å². The van der Waals surface area contributed by atoms with Crippen LogP contribution in [0.2, 0.25) is 0 Å². The van der Waals surface area contributed by atoms with Gasteiger partial charge in [0.05, 0.1) is 18.8 Å². The number of allylic oxidation sites excluding steroid dienone is 2. The number of rotatable bonds is 1. The van der Waals surface area contributed by atoms with Crippen LogP contribution < -0.4 is 0 Å². The highest BCUT2D eigenvalue weighted by Crippen LogP contribution is 2.58. The fourth-order valence-electron chi connectivity index (χ4n) is 4.34. The third-order valence-corrected chi connectivity index (χ3v) is 5.11. The molecule has 3 aliphatic carbocycles. The number of hydrogen-bond acceptors (Lipinski definition) is 3. The van der Waals surface area contributed by atoms with E-state index in [1.54, 1.807) is 0 Å². The minimum atomic E-state index is -0.589. The highest BCUT2D eigenvalue weighted by atomic mass is 16.7. The van der Waals surface area contributed by atoms with Crippen molar-refractivity contribution in [3.63, 3.8) is 0 Å². The predicted octanol–water partition coefficient (Wildman–Crippen LogP) is 1.34. The standard InChI is InChI=1S/C14H18O3/c1-14(15)10-4-5-11(14)9-3-2-8(10)12(9)13-16-6-7-17-13/h2-5,8-13,15H,6-7H2,1H3. The highest BCUT2D eigenvalue weighted by molar-refractivity contribution is 5.30. The Balaban J connectivity index is 1.71. The highest BCUT2D eigenvalue weighted by Gasteiger charge is 2.60. The summed E-state index contributed by atoms with van der Waals surface area (Å²) >= 11 is 0. The molecule has 0 spiro atoms. The first-order chi connectivity index (χ1) is 8.19. The molecule has 2 fully saturated rings. The Labute approximate surface area is 101 Å². The second kappa shape index (κ2) is 3.22. The quantitative estimate of drug-likeness (QED) is 0.696. The summed E-state index contributed by atoms with van der Waals surface area (Å²) in [5.74, 6) is 1.57. The van der Waals surface area contributed by atoms with E-state index >= 15 is 0 Å². The monoisotopic (exact) mass is 234 g/mol. The summed E-state index contributed by atoms with van der Waals surface area (Å²) in [6.07, 6.45) is 8.86. The van der Waals surface area contributed by atoms with Crippen LogP contribution in [0.15, 0.2) is 24.3 Å². The third kappa shape index (κ3) is 1.17. The zero-order valence-corrected chi connectivity index (χ0v) is 9.95. The number of hydrogen-bond donors (Lipinski definition) is 1. The second-order valence-corrected chi connectivity index (χ2v) is 5.89. The first kappa shape index (κ1) is 10.3. The lowest BCUT2D eigenvalue weighted by molar-refractivity contribution is -0.158. The molecule has 0 radical (unpaired) electrons. The van der Waals surface area contributed by atoms with Crippen molar-refractivity contribution in [2.45, 2.75) is 18.8 Å². The van der Waals surface area contributed by atoms with Gasteiger partial charge in [0.15, 0.2) is 6.29 Å². The van der Waals surface area contributed by atoms with E-state index in [1.807, 2.05) is 6.92 Å². The molecule has 3 heteroatoms. The molecule has 0 aromatic heterocycles. The molecule has 1 saturated heterocycles. The van der Waals surface area contributed by atoms with Crippen molar-refractivity contribution in [2.24, 2.45) is 29.6 Å². The van der Waals surface area contributed by atoms with E-state index in [-0.39, 0.29) is 18.1 Å². The topological polar surface area (TPSA) is 38.7 Å². The van der Waals surface area contributed by atoms with Crippen molar-refractivity contribution in [3.8, 4) is 0 Å². The molecule has 4 bridgehead atoms. The number of ether oxygens (including phenoxy) is 2. The van der Waals surface area contributed by atoms with E-state index in [1.165, 1.54) is 0 Å². The van der Waals surface area contributed by atoms with Gasteiger partial charge in [-0.25, -0.2) is 0 Å². The van der Waals surface area contributed by atoms with Gasteiger partial charge in [-0.15, -0.1) is 0 Å². The molecule has 4 atom stereocenters. The summed E-state index contributed by atoms with van der Waals surface area (Å²) in [5.41, 5.74) is -0.589. The van der Waals surface area contributed by atoms with Crippen molar-refractivity contribution >= 4 is 0 Å². The summed E-state index contributed by atoms with van der Waals surface area (Å²) in [6.45, 7) is 3.39. The van der Waals surface area contributed by atoms with Crippen molar-refractivity contribution in [1.82, 2.24) is 0 Å². The van der Waals surface area contributed by atoms with Gasteiger partial charge in [0.1, 0.15) is 0 Å². The summed E-state index contributed by atoms with van der Waals surface area (Å²) in [6, 6.07) is 0. The number of aliphatic hydroxyl groups is 1. The van der Waals surface area contributed by atoms with Gasteiger partial charge in [-0.2, -0.15) is 0 Å². The maximum absolute atomic E-state index is 10.6. The normalized spacial score (nSPS) is 56.0. The predicted molar refractivity (Wildman–Crippen MR) is 62.0 cm³/mol. The van der Waals surface area contributed by atoms with Crippen molar-refractivity contribution < 1.29 is 14.6 Å². The molecule has 1 N–H and O–H groups in total. The van der Waals surface area contributed by atoms with Gasteiger partial charge in [0.2, 0.25) is 0 Å². The van der Waals surface area contributed by atoms with Crippen molar-refractivity contribution in [3.05, 3.63) is 24.3 Å². The Morgan fingerprint density at radius 1 is 1.00 bits per heavy atom. The molecule has 1 heterocycles. The Kier molecular flexibility index (Phi) is 1.95. The second-order valence-electron chi connectivity index (χ2n) is 5.89. The van der Waals surface area contributed by atoms with Crippen LogP contribution in [0.5, 0.6) is 0 Å². The van der Waals surface area contributed by atoms with Gasteiger partial charge in [0, 0.05) is 17.8 Å². The lowest BCUT2D eigenvalue weighted by atomic mass is 9.62. The molecule has 4 unspecified atom stereocenters. The molecule has 17 heavy (non-hydrogen) atoms. The van der Waals surface area contributed by atoms with Gasteiger partial charge >= 0.3 is 0 Å². The Bertz CT molecular complexity index is 366. The van der Waals surface area contributed by atoms with E-state index in [0.29, 0.717) is 31.0 Å². The third-order valence-electron chi connectivity index (χ3n) is 5.11. The van der Waals surface area contributed by atoms with Crippen LogP contribution in [0.3, 0.4) is 0 Å². The van der Waals surface area contributed by atoms with E-state index in [4.69, 9.17) is 9.47 Å². The largest absolute Gasteiger partial charge is 0.389 e. The zero-order valence-electron chi connectivity index (χ0n) is 9.95. The lowest BCUT2D eigenvalue weighted by Crippen LogP contribution is -2.52. The van der Waals surface area contributed by atoms with Crippen LogP contribution >= 0.6 is 0 Å². The molecule has 1 aliphatic heterocycles. The molecule has 92 valence electrons. The molecule has 0 amide bonds. The molecule has 0 aromatic carbocycles. The van der Waals surface area contributed by atoms with Gasteiger partial charge in [-0.3, -0.25) is 0 Å². The van der Waals surface area contributed by atoms with Gasteiger partial charge in [0.25, 0.3) is 0 Å². The SMILES string of the molecule is CC1(O)C2C=CC1C1C=CC2C1C1OCCO1. The molecule has 4 aliphatic rings. The minimum Gasteiger partial charge on any atom is -0.389 e. The lowest BCUT2D eigenvalue weighted by Gasteiger charge is -2.47. The average Bonchev–Trinajstić information content (AvgIpc) is 2.87. The molecular weight excluding hydrogens is 216 g/mol. The fourth-order valence-corrected chi connectivity index (χ4v) is 4.34. The first-order valence-electron chi connectivity index (χ1n) is 6.52. The Morgan fingerprint density at radius 3 is 2.06 bits per heavy atom. The summed E-state index contributed by atoms with van der Waals surface area (Å²) < 4.78 is 11.4. The fraction of sp³-hybridized carbons (Fsp3) is 0.714. The van der Waals surface area contributed by atoms with E-state index < -0.39 is 5.60 Å². The zero-order chi connectivity index (χ0) is 11.6. The van der Waals surface area contributed by atoms with Gasteiger partial charge < -0.3 is 14.6 Å². The van der Waals surface area contributed by atoms with Crippen LogP contribution in [0, 0.1) is 29.6 Å². The van der Waals surface area contributed by atoms with Crippen molar-refractivity contribution in [1.29, 1.82) is 0 Å². The van der Waals surface area contributed by atoms with Crippen LogP contribution in [-0.2, 0) is 9.47 Å². The van der Waals surface area contributed by atoms with E-state index in [2.05, 4.69) is 24.3 Å². The summed E-state index contributed by atoms with van der Waals surface area (Å²) in [7, 11) is 0. The van der Waals surface area contributed by atoms with Gasteiger partial charge in [-0.1, -0.05) is 24.3 Å². The Morgan fingerprint density at radius 2 is 1.53 bits per heavy atom. The minimum absolute atomic E-state index is 0.0685. The number of fused-ring (bicyclic) bond motifs is 6. The smallest absolute Gasteiger partial charge is 0.161 e. The van der Waals surface area contributed by atoms with Crippen molar-refractivity contribution in [2.75, 3.05) is 13.2 Å². The molecular formula is C14H18O3. The summed E-state index contributed by atoms with van der Waals surface area (Å²) in [5, 5.41) is 10.6. The van der Waals surface area contributed by atoms with E-state index in [9.17, 15) is 5.11 Å². The van der Waals surface area contributed by atoms with Crippen LogP contribution in [0.4, 0.5) is 0 Å². The maximum Gasteiger partial charge on any atom is 0.161 e. The van der Waals surface area contributed by atoms with Gasteiger partial charge in [-0.05, 0) is 18.8 Å². The van der Waals surface area contributed by atoms with Crippen LogP contribution in [-0.4, -0.2) is 30.2 Å². The van der Waals surface area contributed by atoms with E-state index in [0.717, 1.165) is 0 Å². The average molecular weight is 234 g/mol. The molecule has 0 aromatic rings. The Hall–Kier alpha value is -0.640. The molecule has 3 nitrogen and oxygen atoms in total. The molecule has 1 saturated carbocycles. The summed E-state index contributed by atoms with van der Waals surface area (Å²) in [4.78, 5) is 0. The first-order valence-corrected chi connectivity index (χ1v) is 6.52.